The highest BCUT2D eigenvalue weighted by Gasteiger charge is 2.40. The highest BCUT2D eigenvalue weighted by Crippen LogP contribution is 2.35. The van der Waals surface area contributed by atoms with Gasteiger partial charge in [0.25, 0.3) is 11.8 Å². The third-order valence-corrected chi connectivity index (χ3v) is 4.89. The van der Waals surface area contributed by atoms with Gasteiger partial charge in [-0.3, -0.25) is 9.59 Å². The Kier molecular flexibility index (Phi) is 5.41. The van der Waals surface area contributed by atoms with Gasteiger partial charge in [-0.1, -0.05) is 18.2 Å². The summed E-state index contributed by atoms with van der Waals surface area (Å²) in [5.41, 5.74) is 1.73. The van der Waals surface area contributed by atoms with Gasteiger partial charge in [-0.05, 0) is 54.1 Å². The number of amides is 2. The third kappa shape index (κ3) is 3.85. The average Bonchev–Trinajstić information content (AvgIpc) is 3.04. The summed E-state index contributed by atoms with van der Waals surface area (Å²) in [6.45, 7) is 0. The monoisotopic (exact) mass is 418 g/mol. The molecule has 4 rings (SSSR count). The van der Waals surface area contributed by atoms with E-state index in [0.29, 0.717) is 28.4 Å². The fraction of sp³-hybridized carbons (Fsp3) is 0.0833. The van der Waals surface area contributed by atoms with E-state index in [4.69, 9.17) is 9.47 Å². The van der Waals surface area contributed by atoms with Crippen LogP contribution in [0.15, 0.2) is 78.5 Å². The SMILES string of the molecule is COc1ccc(C2=C(Nc3ccc(F)cc3)C(=O)N(c3cccc(OC)c3)C2=O)cc1. The molecule has 31 heavy (non-hydrogen) atoms. The van der Waals surface area contributed by atoms with Crippen molar-refractivity contribution in [3.05, 3.63) is 89.9 Å². The molecule has 0 unspecified atom stereocenters. The lowest BCUT2D eigenvalue weighted by atomic mass is 10.0. The van der Waals surface area contributed by atoms with Crippen LogP contribution in [-0.2, 0) is 9.59 Å². The summed E-state index contributed by atoms with van der Waals surface area (Å²) in [5.74, 6) is -0.258. The number of benzene rings is 3. The van der Waals surface area contributed by atoms with Gasteiger partial charge in [0.2, 0.25) is 0 Å². The van der Waals surface area contributed by atoms with E-state index in [2.05, 4.69) is 5.32 Å². The topological polar surface area (TPSA) is 67.9 Å². The molecule has 0 saturated heterocycles. The van der Waals surface area contributed by atoms with Gasteiger partial charge in [0, 0.05) is 11.8 Å². The summed E-state index contributed by atoms with van der Waals surface area (Å²) in [5, 5.41) is 2.99. The number of nitrogens with zero attached hydrogens (tertiary/aromatic N) is 1. The quantitative estimate of drug-likeness (QED) is 0.607. The Bertz CT molecular complexity index is 1170. The van der Waals surface area contributed by atoms with Gasteiger partial charge >= 0.3 is 0 Å². The Morgan fingerprint density at radius 3 is 2.13 bits per heavy atom. The molecule has 1 N–H and O–H groups in total. The van der Waals surface area contributed by atoms with Crippen LogP contribution in [0.5, 0.6) is 11.5 Å². The number of hydrogen-bond acceptors (Lipinski definition) is 5. The molecule has 0 atom stereocenters. The number of nitrogens with one attached hydrogen (secondary N) is 1. The molecule has 156 valence electrons. The van der Waals surface area contributed by atoms with E-state index in [9.17, 15) is 14.0 Å². The maximum absolute atomic E-state index is 13.4. The first-order valence-electron chi connectivity index (χ1n) is 9.46. The van der Waals surface area contributed by atoms with E-state index in [0.717, 1.165) is 4.90 Å². The molecular formula is C24H19FN2O4. The summed E-state index contributed by atoms with van der Waals surface area (Å²) in [6.07, 6.45) is 0. The van der Waals surface area contributed by atoms with E-state index >= 15 is 0 Å². The van der Waals surface area contributed by atoms with E-state index in [-0.39, 0.29) is 11.3 Å². The van der Waals surface area contributed by atoms with E-state index < -0.39 is 17.6 Å². The molecule has 3 aromatic rings. The van der Waals surface area contributed by atoms with Gasteiger partial charge in [-0.15, -0.1) is 0 Å². The van der Waals surface area contributed by atoms with Crippen molar-refractivity contribution in [1.82, 2.24) is 0 Å². The molecule has 7 heteroatoms. The van der Waals surface area contributed by atoms with Gasteiger partial charge in [-0.2, -0.15) is 0 Å². The molecule has 1 aliphatic rings. The molecule has 0 aromatic heterocycles. The molecule has 3 aromatic carbocycles. The predicted molar refractivity (Wildman–Crippen MR) is 115 cm³/mol. The third-order valence-electron chi connectivity index (χ3n) is 4.89. The largest absolute Gasteiger partial charge is 0.497 e. The van der Waals surface area contributed by atoms with Gasteiger partial charge in [-0.25, -0.2) is 9.29 Å². The lowest BCUT2D eigenvalue weighted by Crippen LogP contribution is -2.32. The molecule has 0 aliphatic carbocycles. The van der Waals surface area contributed by atoms with E-state index in [1.54, 1.807) is 55.6 Å². The van der Waals surface area contributed by atoms with Gasteiger partial charge in [0.1, 0.15) is 23.0 Å². The Hall–Kier alpha value is -4.13. The molecule has 1 aliphatic heterocycles. The van der Waals surface area contributed by atoms with Gasteiger partial charge < -0.3 is 14.8 Å². The number of carbonyl (C=O) groups is 2. The number of imide groups is 1. The Morgan fingerprint density at radius 2 is 1.48 bits per heavy atom. The second kappa shape index (κ2) is 8.31. The molecule has 1 heterocycles. The van der Waals surface area contributed by atoms with Gasteiger partial charge in [0.15, 0.2) is 0 Å². The molecule has 2 amide bonds. The lowest BCUT2D eigenvalue weighted by molar-refractivity contribution is -0.120. The summed E-state index contributed by atoms with van der Waals surface area (Å²) in [6, 6.07) is 19.1. The number of rotatable bonds is 6. The number of ether oxygens (including phenoxy) is 2. The smallest absolute Gasteiger partial charge is 0.282 e. The van der Waals surface area contributed by atoms with Crippen LogP contribution in [0.25, 0.3) is 5.57 Å². The normalized spacial score (nSPS) is 13.6. The summed E-state index contributed by atoms with van der Waals surface area (Å²) < 4.78 is 23.7. The highest BCUT2D eigenvalue weighted by atomic mass is 19.1. The first-order chi connectivity index (χ1) is 15.0. The highest BCUT2D eigenvalue weighted by molar-refractivity contribution is 6.46. The zero-order valence-electron chi connectivity index (χ0n) is 16.9. The molecule has 0 fully saturated rings. The first kappa shape index (κ1) is 20.2. The second-order valence-electron chi connectivity index (χ2n) is 6.76. The maximum Gasteiger partial charge on any atom is 0.282 e. The van der Waals surface area contributed by atoms with E-state index in [1.165, 1.54) is 31.4 Å². The van der Waals surface area contributed by atoms with Crippen LogP contribution in [-0.4, -0.2) is 26.0 Å². The Balaban J connectivity index is 1.80. The Labute approximate surface area is 178 Å². The Morgan fingerprint density at radius 1 is 0.806 bits per heavy atom. The molecule has 0 radical (unpaired) electrons. The molecule has 6 nitrogen and oxygen atoms in total. The van der Waals surface area contributed by atoms with Crippen molar-refractivity contribution < 1.29 is 23.5 Å². The summed E-state index contributed by atoms with van der Waals surface area (Å²) in [4.78, 5) is 27.8. The molecule has 0 saturated carbocycles. The van der Waals surface area contributed by atoms with Crippen molar-refractivity contribution >= 4 is 28.8 Å². The second-order valence-corrected chi connectivity index (χ2v) is 6.76. The van der Waals surface area contributed by atoms with Crippen LogP contribution in [0.1, 0.15) is 5.56 Å². The van der Waals surface area contributed by atoms with Crippen molar-refractivity contribution in [2.75, 3.05) is 24.4 Å². The number of carbonyl (C=O) groups excluding carboxylic acids is 2. The number of anilines is 2. The predicted octanol–water partition coefficient (Wildman–Crippen LogP) is 4.24. The fourth-order valence-electron chi connectivity index (χ4n) is 3.33. The van der Waals surface area contributed by atoms with Crippen LogP contribution in [0.3, 0.4) is 0 Å². The number of methoxy groups -OCH3 is 2. The van der Waals surface area contributed by atoms with Crippen LogP contribution in [0.2, 0.25) is 0 Å². The average molecular weight is 418 g/mol. The standard InChI is InChI=1S/C24H19FN2O4/c1-30-19-12-6-15(7-13-19)21-22(26-17-10-8-16(25)9-11-17)24(29)27(23(21)28)18-4-3-5-20(14-18)31-2/h3-14,26H,1-2H3. The number of hydrogen-bond donors (Lipinski definition) is 1. The lowest BCUT2D eigenvalue weighted by Gasteiger charge is -2.16. The molecular weight excluding hydrogens is 399 g/mol. The minimum absolute atomic E-state index is 0.101. The molecule has 0 spiro atoms. The van der Waals surface area contributed by atoms with Crippen LogP contribution in [0.4, 0.5) is 15.8 Å². The van der Waals surface area contributed by atoms with Crippen LogP contribution in [0, 0.1) is 5.82 Å². The van der Waals surface area contributed by atoms with Crippen molar-refractivity contribution in [3.8, 4) is 11.5 Å². The van der Waals surface area contributed by atoms with Crippen molar-refractivity contribution in [2.24, 2.45) is 0 Å². The van der Waals surface area contributed by atoms with Crippen molar-refractivity contribution in [3.63, 3.8) is 0 Å². The fourth-order valence-corrected chi connectivity index (χ4v) is 3.33. The number of halogens is 1. The van der Waals surface area contributed by atoms with E-state index in [1.807, 2.05) is 0 Å². The minimum Gasteiger partial charge on any atom is -0.497 e. The van der Waals surface area contributed by atoms with Crippen molar-refractivity contribution in [1.29, 1.82) is 0 Å². The van der Waals surface area contributed by atoms with Crippen LogP contribution >= 0.6 is 0 Å². The zero-order chi connectivity index (χ0) is 22.0. The zero-order valence-corrected chi connectivity index (χ0v) is 16.9. The molecule has 0 bridgehead atoms. The summed E-state index contributed by atoms with van der Waals surface area (Å²) in [7, 11) is 3.06. The minimum atomic E-state index is -0.520. The van der Waals surface area contributed by atoms with Gasteiger partial charge in [0.05, 0.1) is 25.5 Å². The first-order valence-corrected chi connectivity index (χ1v) is 9.46. The maximum atomic E-state index is 13.4. The van der Waals surface area contributed by atoms with Crippen molar-refractivity contribution in [2.45, 2.75) is 0 Å². The summed E-state index contributed by atoms with van der Waals surface area (Å²) >= 11 is 0. The van der Waals surface area contributed by atoms with Crippen LogP contribution < -0.4 is 19.7 Å².